The lowest BCUT2D eigenvalue weighted by atomic mass is 9.97. The van der Waals surface area contributed by atoms with Gasteiger partial charge in [0.05, 0.1) is 25.1 Å². The number of carbonyl (C=O) groups excluding carboxylic acids is 1. The standard InChI is InChI=1S/C12H23NO3/c1-12(2,3)11(14)16-8-4-5-13-6-9-15-10-7-13/h4-10H2,1-3H3/p+1. The fourth-order valence-electron chi connectivity index (χ4n) is 1.54. The zero-order valence-electron chi connectivity index (χ0n) is 10.7. The highest BCUT2D eigenvalue weighted by atomic mass is 16.5. The molecule has 0 aliphatic carbocycles. The molecule has 0 spiro atoms. The van der Waals surface area contributed by atoms with E-state index in [0.29, 0.717) is 6.61 Å². The van der Waals surface area contributed by atoms with E-state index in [2.05, 4.69) is 9.64 Å². The zero-order valence-corrected chi connectivity index (χ0v) is 10.7. The predicted octanol–water partition coefficient (Wildman–Crippen LogP) is 0.809. The highest BCUT2D eigenvalue weighted by molar-refractivity contribution is 5.75. The van der Waals surface area contributed by atoms with Gasteiger partial charge in [-0.1, -0.05) is 0 Å². The number of morpholine rings is 1. The van der Waals surface area contributed by atoms with Gasteiger partial charge in [-0.25, -0.2) is 0 Å². The minimum atomic E-state index is -0.385. The van der Waals surface area contributed by atoms with Crippen LogP contribution in [0.4, 0.5) is 0 Å². The Kier molecular flexibility index (Phi) is 5.22. The summed E-state index contributed by atoms with van der Waals surface area (Å²) in [6, 6.07) is 0. The first kappa shape index (κ1) is 13.5. The van der Waals surface area contributed by atoms with E-state index < -0.39 is 0 Å². The van der Waals surface area contributed by atoms with Crippen molar-refractivity contribution in [3.63, 3.8) is 0 Å². The molecule has 1 aliphatic rings. The second-order valence-electron chi connectivity index (χ2n) is 5.25. The van der Waals surface area contributed by atoms with Crippen molar-refractivity contribution < 1.29 is 14.3 Å². The second kappa shape index (κ2) is 6.21. The van der Waals surface area contributed by atoms with Gasteiger partial charge >= 0.3 is 5.97 Å². The summed E-state index contributed by atoms with van der Waals surface area (Å²) < 4.78 is 9.50. The lowest BCUT2D eigenvalue weighted by Crippen LogP contribution is -2.39. The number of nitrogens with zero attached hydrogens (tertiary/aromatic N) is 1. The van der Waals surface area contributed by atoms with Crippen molar-refractivity contribution in [1.82, 2.24) is 4.90 Å². The van der Waals surface area contributed by atoms with Crippen LogP contribution >= 0.6 is 0 Å². The summed E-state index contributed by atoms with van der Waals surface area (Å²) in [5.74, 6) is -0.110. The highest BCUT2D eigenvalue weighted by Crippen LogP contribution is 2.15. The van der Waals surface area contributed by atoms with Crippen LogP contribution in [0, 0.1) is 5.41 Å². The maximum Gasteiger partial charge on any atom is 0.311 e. The molecule has 1 N–H and O–H groups in total. The van der Waals surface area contributed by atoms with Crippen LogP contribution in [-0.2, 0) is 9.53 Å². The van der Waals surface area contributed by atoms with Gasteiger partial charge in [0.15, 0.2) is 13.2 Å². The SMILES string of the molecule is CC(C)(C)C(=O)OCCCN1CC[OH+]CC1. The molecule has 0 radical (unpaired) electrons. The number of carbonyl (C=O) groups is 1. The van der Waals surface area contributed by atoms with Gasteiger partial charge in [0.25, 0.3) is 0 Å². The third-order valence-corrected chi connectivity index (χ3v) is 2.61. The summed E-state index contributed by atoms with van der Waals surface area (Å²) in [5.41, 5.74) is -0.385. The van der Waals surface area contributed by atoms with Crippen LogP contribution < -0.4 is 0 Å². The molecule has 1 aliphatic heterocycles. The molecular formula is C12H24NO3+. The molecule has 0 saturated carbocycles. The lowest BCUT2D eigenvalue weighted by molar-refractivity contribution is -0.153. The fraction of sp³-hybridized carbons (Fsp3) is 0.917. The van der Waals surface area contributed by atoms with Gasteiger partial charge in [0.2, 0.25) is 0 Å². The Morgan fingerprint density at radius 2 is 1.94 bits per heavy atom. The third kappa shape index (κ3) is 4.94. The van der Waals surface area contributed by atoms with Crippen molar-refractivity contribution in [2.24, 2.45) is 5.41 Å². The number of hydrogen-bond acceptors (Lipinski definition) is 3. The second-order valence-corrected chi connectivity index (χ2v) is 5.25. The largest absolute Gasteiger partial charge is 0.465 e. The molecule has 94 valence electrons. The van der Waals surface area contributed by atoms with E-state index in [9.17, 15) is 4.79 Å². The van der Waals surface area contributed by atoms with Crippen LogP contribution in [0.25, 0.3) is 0 Å². The van der Waals surface area contributed by atoms with E-state index in [4.69, 9.17) is 4.74 Å². The topological polar surface area (TPSA) is 42.3 Å². The van der Waals surface area contributed by atoms with Crippen molar-refractivity contribution in [2.75, 3.05) is 39.5 Å². The van der Waals surface area contributed by atoms with Crippen LogP contribution in [0.3, 0.4) is 0 Å². The molecule has 0 amide bonds. The van der Waals surface area contributed by atoms with E-state index in [1.54, 1.807) is 0 Å². The van der Waals surface area contributed by atoms with Crippen molar-refractivity contribution in [3.8, 4) is 0 Å². The van der Waals surface area contributed by atoms with Crippen molar-refractivity contribution in [2.45, 2.75) is 27.2 Å². The molecule has 1 rings (SSSR count). The van der Waals surface area contributed by atoms with Gasteiger partial charge in [-0.2, -0.15) is 0 Å². The van der Waals surface area contributed by atoms with Crippen LogP contribution in [0.5, 0.6) is 0 Å². The first-order chi connectivity index (χ1) is 7.50. The molecule has 16 heavy (non-hydrogen) atoms. The van der Waals surface area contributed by atoms with E-state index in [1.165, 1.54) is 0 Å². The Labute approximate surface area is 97.9 Å². The van der Waals surface area contributed by atoms with E-state index in [1.807, 2.05) is 20.8 Å². The summed E-state index contributed by atoms with van der Waals surface area (Å²) in [5, 5.41) is 0. The van der Waals surface area contributed by atoms with E-state index >= 15 is 0 Å². The summed E-state index contributed by atoms with van der Waals surface area (Å²) in [6.07, 6.45) is 0.918. The van der Waals surface area contributed by atoms with Gasteiger partial charge < -0.3 is 9.47 Å². The van der Waals surface area contributed by atoms with Gasteiger partial charge in [-0.05, 0) is 27.2 Å². The van der Waals surface area contributed by atoms with Crippen molar-refractivity contribution in [3.05, 3.63) is 0 Å². The smallest absolute Gasteiger partial charge is 0.311 e. The van der Waals surface area contributed by atoms with Crippen LogP contribution in [0.1, 0.15) is 27.2 Å². The molecule has 4 heteroatoms. The number of esters is 1. The summed E-state index contributed by atoms with van der Waals surface area (Å²) in [7, 11) is 0. The Balaban J connectivity index is 2.05. The molecule has 0 unspecified atom stereocenters. The Morgan fingerprint density at radius 3 is 2.50 bits per heavy atom. The summed E-state index contributed by atoms with van der Waals surface area (Å²) in [4.78, 5) is 13.8. The Hall–Kier alpha value is -0.610. The van der Waals surface area contributed by atoms with Crippen molar-refractivity contribution >= 4 is 5.97 Å². The Morgan fingerprint density at radius 1 is 1.31 bits per heavy atom. The summed E-state index contributed by atoms with van der Waals surface area (Å²) >= 11 is 0. The van der Waals surface area contributed by atoms with E-state index in [-0.39, 0.29) is 11.4 Å². The molecule has 1 saturated heterocycles. The molecule has 1 heterocycles. The normalized spacial score (nSPS) is 18.4. The third-order valence-electron chi connectivity index (χ3n) is 2.61. The molecule has 0 aromatic rings. The minimum absolute atomic E-state index is 0.110. The lowest BCUT2D eigenvalue weighted by Gasteiger charge is -2.24. The fourth-order valence-corrected chi connectivity index (χ4v) is 1.54. The zero-order chi connectivity index (χ0) is 12.0. The Bertz CT molecular complexity index is 217. The van der Waals surface area contributed by atoms with Gasteiger partial charge in [-0.3, -0.25) is 9.69 Å². The molecule has 0 atom stereocenters. The van der Waals surface area contributed by atoms with Crippen LogP contribution in [0.2, 0.25) is 0 Å². The van der Waals surface area contributed by atoms with Crippen LogP contribution in [0.15, 0.2) is 0 Å². The quantitative estimate of drug-likeness (QED) is 0.408. The molecular weight excluding hydrogens is 206 g/mol. The number of rotatable bonds is 4. The molecule has 0 aromatic heterocycles. The molecule has 0 bridgehead atoms. The molecule has 0 aromatic carbocycles. The number of hydrogen-bond donors (Lipinski definition) is 0. The van der Waals surface area contributed by atoms with E-state index in [0.717, 1.165) is 39.3 Å². The average Bonchev–Trinajstić information content (AvgIpc) is 2.24. The average molecular weight is 230 g/mol. The van der Waals surface area contributed by atoms with Crippen molar-refractivity contribution in [1.29, 1.82) is 0 Å². The number of aliphatic hydroxyl groups is 2. The predicted molar refractivity (Wildman–Crippen MR) is 63.4 cm³/mol. The highest BCUT2D eigenvalue weighted by Gasteiger charge is 2.22. The van der Waals surface area contributed by atoms with Gasteiger partial charge in [-0.15, -0.1) is 0 Å². The van der Waals surface area contributed by atoms with Gasteiger partial charge in [0, 0.05) is 6.54 Å². The first-order valence-electron chi connectivity index (χ1n) is 6.03. The maximum atomic E-state index is 11.5. The maximum absolute atomic E-state index is 11.5. The first-order valence-corrected chi connectivity index (χ1v) is 6.03. The molecule has 1 fully saturated rings. The molecule has 4 nitrogen and oxygen atoms in total. The van der Waals surface area contributed by atoms with Gasteiger partial charge in [0.1, 0.15) is 0 Å². The van der Waals surface area contributed by atoms with Crippen LogP contribution in [-0.4, -0.2) is 55.1 Å². The minimum Gasteiger partial charge on any atom is -0.465 e. The number of ether oxygens (including phenoxy) is 2. The monoisotopic (exact) mass is 230 g/mol. The summed E-state index contributed by atoms with van der Waals surface area (Å²) in [6.45, 7) is 11.2.